The molecule has 0 aromatic heterocycles. The van der Waals surface area contributed by atoms with E-state index in [2.05, 4.69) is 5.32 Å². The second-order valence-electron chi connectivity index (χ2n) is 8.20. The number of carbonyl (C=O) groups excluding carboxylic acids is 3. The van der Waals surface area contributed by atoms with Gasteiger partial charge in [0.25, 0.3) is 11.8 Å². The number of urea groups is 1. The number of halogens is 2. The maximum absolute atomic E-state index is 13.2. The van der Waals surface area contributed by atoms with Crippen LogP contribution in [0.15, 0.2) is 60.2 Å². The van der Waals surface area contributed by atoms with Crippen LogP contribution in [0, 0.1) is 19.7 Å². The van der Waals surface area contributed by atoms with Crippen LogP contribution < -0.4 is 19.7 Å². The lowest BCUT2D eigenvalue weighted by Crippen LogP contribution is -2.54. The van der Waals surface area contributed by atoms with E-state index in [0.717, 1.165) is 16.0 Å². The predicted molar refractivity (Wildman–Crippen MR) is 134 cm³/mol. The summed E-state index contributed by atoms with van der Waals surface area (Å²) < 4.78 is 24.3. The lowest BCUT2D eigenvalue weighted by Gasteiger charge is -2.27. The second kappa shape index (κ2) is 10.2. The van der Waals surface area contributed by atoms with Gasteiger partial charge in [-0.15, -0.1) is 0 Å². The van der Waals surface area contributed by atoms with E-state index in [1.54, 1.807) is 37.3 Å². The molecule has 1 fully saturated rings. The van der Waals surface area contributed by atoms with Crippen LogP contribution in [0.2, 0.25) is 5.02 Å². The van der Waals surface area contributed by atoms with Gasteiger partial charge >= 0.3 is 6.03 Å². The van der Waals surface area contributed by atoms with E-state index in [1.165, 1.54) is 31.4 Å². The summed E-state index contributed by atoms with van der Waals surface area (Å²) in [5, 5.41) is 2.39. The van der Waals surface area contributed by atoms with Crippen LogP contribution in [0.5, 0.6) is 11.5 Å². The van der Waals surface area contributed by atoms with Gasteiger partial charge in [-0.2, -0.15) is 0 Å². The maximum atomic E-state index is 13.2. The average Bonchev–Trinajstić information content (AvgIpc) is 2.83. The maximum Gasteiger partial charge on any atom is 0.335 e. The molecular formula is C27H22ClFN2O5. The summed E-state index contributed by atoms with van der Waals surface area (Å²) in [7, 11) is 1.42. The molecular weight excluding hydrogens is 487 g/mol. The molecule has 0 aliphatic carbocycles. The largest absolute Gasteiger partial charge is 0.493 e. The highest BCUT2D eigenvalue weighted by Crippen LogP contribution is 2.38. The minimum Gasteiger partial charge on any atom is -0.493 e. The highest BCUT2D eigenvalue weighted by molar-refractivity contribution is 6.39. The highest BCUT2D eigenvalue weighted by atomic mass is 35.5. The molecule has 1 heterocycles. The van der Waals surface area contributed by atoms with Gasteiger partial charge < -0.3 is 9.47 Å². The predicted octanol–water partition coefficient (Wildman–Crippen LogP) is 5.35. The Morgan fingerprint density at radius 1 is 1.03 bits per heavy atom. The minimum absolute atomic E-state index is 0.116. The second-order valence-corrected chi connectivity index (χ2v) is 8.60. The number of nitrogens with zero attached hydrogens (tertiary/aromatic N) is 1. The van der Waals surface area contributed by atoms with Crippen molar-refractivity contribution in [3.63, 3.8) is 0 Å². The van der Waals surface area contributed by atoms with Crippen LogP contribution >= 0.6 is 11.6 Å². The fourth-order valence-electron chi connectivity index (χ4n) is 3.80. The Kier molecular flexibility index (Phi) is 7.07. The van der Waals surface area contributed by atoms with Crippen molar-refractivity contribution in [1.29, 1.82) is 0 Å². The molecule has 3 aromatic rings. The van der Waals surface area contributed by atoms with Gasteiger partial charge in [-0.3, -0.25) is 14.9 Å². The number of benzene rings is 3. The Labute approximate surface area is 212 Å². The number of methoxy groups -OCH3 is 1. The Morgan fingerprint density at radius 3 is 2.42 bits per heavy atom. The normalized spacial score (nSPS) is 14.8. The average molecular weight is 509 g/mol. The van der Waals surface area contributed by atoms with E-state index < -0.39 is 17.8 Å². The van der Waals surface area contributed by atoms with Crippen molar-refractivity contribution in [1.82, 2.24) is 5.32 Å². The van der Waals surface area contributed by atoms with Gasteiger partial charge in [-0.25, -0.2) is 14.1 Å². The minimum atomic E-state index is -0.825. The first kappa shape index (κ1) is 24.9. The van der Waals surface area contributed by atoms with E-state index in [0.29, 0.717) is 16.8 Å². The van der Waals surface area contributed by atoms with Gasteiger partial charge in [0.1, 0.15) is 18.0 Å². The third-order valence-corrected chi connectivity index (χ3v) is 5.83. The monoisotopic (exact) mass is 508 g/mol. The number of nitrogens with one attached hydrogen (secondary N) is 1. The van der Waals surface area contributed by atoms with Crippen LogP contribution in [0.25, 0.3) is 6.08 Å². The number of rotatable bonds is 6. The molecule has 0 atom stereocenters. The Balaban J connectivity index is 1.65. The molecule has 3 aromatic carbocycles. The lowest BCUT2D eigenvalue weighted by molar-refractivity contribution is -0.122. The summed E-state index contributed by atoms with van der Waals surface area (Å²) in [6.45, 7) is 3.79. The summed E-state index contributed by atoms with van der Waals surface area (Å²) >= 11 is 6.43. The molecule has 0 bridgehead atoms. The molecule has 9 heteroatoms. The molecule has 0 radical (unpaired) electrons. The molecule has 184 valence electrons. The molecule has 1 saturated heterocycles. The molecule has 4 rings (SSSR count). The quantitative estimate of drug-likeness (QED) is 0.358. The van der Waals surface area contributed by atoms with Crippen molar-refractivity contribution >= 4 is 41.2 Å². The van der Waals surface area contributed by atoms with E-state index >= 15 is 0 Å². The fraction of sp³-hybridized carbons (Fsp3) is 0.148. The van der Waals surface area contributed by atoms with Crippen LogP contribution in [0.4, 0.5) is 14.9 Å². The number of ether oxygens (including phenoxy) is 2. The number of hydrogen-bond donors (Lipinski definition) is 1. The van der Waals surface area contributed by atoms with E-state index in [9.17, 15) is 18.8 Å². The zero-order valence-electron chi connectivity index (χ0n) is 19.7. The number of carbonyl (C=O) groups is 3. The van der Waals surface area contributed by atoms with Gasteiger partial charge in [-0.1, -0.05) is 41.4 Å². The zero-order valence-corrected chi connectivity index (χ0v) is 20.5. The molecule has 1 N–H and O–H groups in total. The topological polar surface area (TPSA) is 84.9 Å². The Morgan fingerprint density at radius 2 is 1.75 bits per heavy atom. The van der Waals surface area contributed by atoms with E-state index in [-0.39, 0.29) is 34.5 Å². The summed E-state index contributed by atoms with van der Waals surface area (Å²) in [4.78, 5) is 39.3. The van der Waals surface area contributed by atoms with Crippen molar-refractivity contribution in [3.05, 3.63) is 93.3 Å². The van der Waals surface area contributed by atoms with Gasteiger partial charge in [-0.05, 0) is 66.9 Å². The highest BCUT2D eigenvalue weighted by Gasteiger charge is 2.37. The van der Waals surface area contributed by atoms with Crippen molar-refractivity contribution in [2.24, 2.45) is 0 Å². The summed E-state index contributed by atoms with van der Waals surface area (Å²) in [5.41, 5.74) is 2.92. The van der Waals surface area contributed by atoms with Crippen LogP contribution in [-0.2, 0) is 16.2 Å². The summed E-state index contributed by atoms with van der Waals surface area (Å²) in [6, 6.07) is 13.3. The third kappa shape index (κ3) is 5.08. The van der Waals surface area contributed by atoms with Gasteiger partial charge in [0.15, 0.2) is 11.5 Å². The molecule has 7 nitrogen and oxygen atoms in total. The lowest BCUT2D eigenvalue weighted by atomic mass is 10.0. The van der Waals surface area contributed by atoms with E-state index in [1.807, 2.05) is 13.0 Å². The molecule has 4 amide bonds. The van der Waals surface area contributed by atoms with Gasteiger partial charge in [0.2, 0.25) is 0 Å². The summed E-state index contributed by atoms with van der Waals surface area (Å²) in [5.74, 6) is -1.43. The number of imide groups is 2. The Hall–Kier alpha value is -4.17. The SMILES string of the molecule is COc1cc(/C=C2\C(=O)NC(=O)N(c3ccc(C)cc3C)C2=O)cc(Cl)c1OCc1ccc(F)cc1. The van der Waals surface area contributed by atoms with Crippen LogP contribution in [0.1, 0.15) is 22.3 Å². The number of amides is 4. The number of anilines is 1. The molecule has 0 unspecified atom stereocenters. The van der Waals surface area contributed by atoms with Crippen LogP contribution in [0.3, 0.4) is 0 Å². The van der Waals surface area contributed by atoms with Crippen molar-refractivity contribution in [2.75, 3.05) is 12.0 Å². The number of barbiturate groups is 1. The van der Waals surface area contributed by atoms with Gasteiger partial charge in [0, 0.05) is 0 Å². The number of hydrogen-bond acceptors (Lipinski definition) is 5. The van der Waals surface area contributed by atoms with E-state index in [4.69, 9.17) is 21.1 Å². The van der Waals surface area contributed by atoms with Crippen molar-refractivity contribution in [3.8, 4) is 11.5 Å². The Bertz CT molecular complexity index is 1400. The first-order valence-corrected chi connectivity index (χ1v) is 11.3. The van der Waals surface area contributed by atoms with Crippen LogP contribution in [-0.4, -0.2) is 25.0 Å². The standard InChI is InChI=1S/C27H22ClFN2O5/c1-15-4-9-22(16(2)10-15)31-26(33)20(25(32)30-27(31)34)11-18-12-21(28)24(23(13-18)35-3)36-14-17-5-7-19(29)8-6-17/h4-13H,14H2,1-3H3,(H,30,32,34)/b20-11+. The van der Waals surface area contributed by atoms with Gasteiger partial charge in [0.05, 0.1) is 17.8 Å². The number of aryl methyl sites for hydroxylation is 2. The smallest absolute Gasteiger partial charge is 0.335 e. The first-order valence-electron chi connectivity index (χ1n) is 10.9. The zero-order chi connectivity index (χ0) is 26.0. The first-order chi connectivity index (χ1) is 17.2. The van der Waals surface area contributed by atoms with Crippen molar-refractivity contribution in [2.45, 2.75) is 20.5 Å². The molecule has 36 heavy (non-hydrogen) atoms. The molecule has 0 spiro atoms. The summed E-state index contributed by atoms with van der Waals surface area (Å²) in [6.07, 6.45) is 1.33. The fourth-order valence-corrected chi connectivity index (χ4v) is 4.07. The molecule has 1 aliphatic heterocycles. The molecule has 0 saturated carbocycles. The van der Waals surface area contributed by atoms with Crippen molar-refractivity contribution < 1.29 is 28.2 Å². The third-order valence-electron chi connectivity index (χ3n) is 5.55. The molecule has 1 aliphatic rings.